The van der Waals surface area contributed by atoms with Crippen LogP contribution in [0.2, 0.25) is 0 Å². The minimum Gasteiger partial charge on any atom is -0.511 e. The molecule has 9 nitrogen and oxygen atoms in total. The summed E-state index contributed by atoms with van der Waals surface area (Å²) < 4.78 is 0. The van der Waals surface area contributed by atoms with Gasteiger partial charge in [-0.15, -0.1) is 0 Å². The molecule has 2 aromatic carbocycles. The van der Waals surface area contributed by atoms with Gasteiger partial charge in [-0.05, 0) is 55.5 Å². The van der Waals surface area contributed by atoms with Crippen LogP contribution in [0.4, 0.5) is 5.69 Å². The van der Waals surface area contributed by atoms with Crippen molar-refractivity contribution in [2.75, 3.05) is 11.9 Å². The number of amidine groups is 1. The number of aliphatic hydroxyl groups excluding tert-OH is 1. The normalized spacial score (nSPS) is 11.9. The van der Waals surface area contributed by atoms with E-state index in [1.807, 2.05) is 48.5 Å². The SMILES string of the molecule is C/C(O)=C(/CNc1ccc(C#Cc2ccc(/C(=N/N)NN)cc2)cc1)N=CNC=O. The third-order valence-electron chi connectivity index (χ3n) is 3.90. The van der Waals surface area contributed by atoms with Crippen molar-refractivity contribution in [2.24, 2.45) is 21.8 Å². The maximum Gasteiger partial charge on any atom is 0.212 e. The van der Waals surface area contributed by atoms with Crippen molar-refractivity contribution in [3.63, 3.8) is 0 Å². The third kappa shape index (κ3) is 6.70. The topological polar surface area (TPSA) is 150 Å². The summed E-state index contributed by atoms with van der Waals surface area (Å²) in [4.78, 5) is 14.2. The number of amides is 1. The first-order valence-corrected chi connectivity index (χ1v) is 8.89. The van der Waals surface area contributed by atoms with E-state index in [2.05, 4.69) is 38.0 Å². The molecule has 0 aliphatic carbocycles. The Kier molecular flexibility index (Phi) is 8.46. The van der Waals surface area contributed by atoms with Crippen LogP contribution in [-0.4, -0.2) is 30.2 Å². The third-order valence-corrected chi connectivity index (χ3v) is 3.90. The molecule has 0 heterocycles. The van der Waals surface area contributed by atoms with Crippen molar-refractivity contribution in [2.45, 2.75) is 6.92 Å². The van der Waals surface area contributed by atoms with Crippen molar-refractivity contribution in [1.29, 1.82) is 0 Å². The molecular weight excluding hydrogens is 382 g/mol. The van der Waals surface area contributed by atoms with E-state index < -0.39 is 0 Å². The van der Waals surface area contributed by atoms with Gasteiger partial charge in [-0.25, -0.2) is 10.8 Å². The van der Waals surface area contributed by atoms with Crippen LogP contribution in [0.3, 0.4) is 0 Å². The fourth-order valence-corrected chi connectivity index (χ4v) is 2.32. The number of nitrogens with two attached hydrogens (primary N) is 2. The molecule has 0 radical (unpaired) electrons. The number of anilines is 1. The number of rotatable bonds is 7. The minimum absolute atomic E-state index is 0.0621. The average molecular weight is 405 g/mol. The Morgan fingerprint density at radius 1 is 1.10 bits per heavy atom. The minimum atomic E-state index is 0.0621. The highest BCUT2D eigenvalue weighted by atomic mass is 16.3. The van der Waals surface area contributed by atoms with E-state index in [0.717, 1.165) is 22.4 Å². The molecule has 154 valence electrons. The van der Waals surface area contributed by atoms with E-state index in [-0.39, 0.29) is 5.76 Å². The second kappa shape index (κ2) is 11.5. The van der Waals surface area contributed by atoms with Gasteiger partial charge in [-0.2, -0.15) is 5.10 Å². The van der Waals surface area contributed by atoms with Crippen LogP contribution in [0.15, 0.2) is 70.1 Å². The molecule has 0 fully saturated rings. The van der Waals surface area contributed by atoms with Gasteiger partial charge >= 0.3 is 0 Å². The van der Waals surface area contributed by atoms with Gasteiger partial charge in [0.05, 0.1) is 18.6 Å². The standard InChI is InChI=1S/C21H23N7O2/c1-15(30)20(26-13-24-14-29)12-25-19-10-6-17(7-11-19)3-2-16-4-8-18(9-5-16)21(27-22)28-23/h4-11,13-14,25,30H,12,22-23H2,1H3,(H,27,28)(H,24,26,29)/b20-15+. The Hall–Kier alpha value is -4.29. The number of hydrogen-bond acceptors (Lipinski definition) is 7. The predicted octanol–water partition coefficient (Wildman–Crippen LogP) is 1.15. The second-order valence-corrected chi connectivity index (χ2v) is 5.96. The second-order valence-electron chi connectivity index (χ2n) is 5.96. The molecule has 1 amide bonds. The molecule has 0 saturated heterocycles. The summed E-state index contributed by atoms with van der Waals surface area (Å²) in [5, 5.41) is 18.7. The lowest BCUT2D eigenvalue weighted by Gasteiger charge is -2.07. The van der Waals surface area contributed by atoms with Crippen LogP contribution in [0.5, 0.6) is 0 Å². The summed E-state index contributed by atoms with van der Waals surface area (Å²) in [6.45, 7) is 1.82. The molecule has 0 aromatic heterocycles. The van der Waals surface area contributed by atoms with Crippen molar-refractivity contribution >= 4 is 24.3 Å². The Balaban J connectivity index is 2.00. The monoisotopic (exact) mass is 405 g/mol. The fraction of sp³-hybridized carbons (Fsp3) is 0.0952. The zero-order valence-electron chi connectivity index (χ0n) is 16.4. The summed E-state index contributed by atoms with van der Waals surface area (Å²) in [5.41, 5.74) is 6.12. The number of allylic oxidation sites excluding steroid dienone is 1. The highest BCUT2D eigenvalue weighted by molar-refractivity contribution is 5.98. The molecule has 9 heteroatoms. The number of aliphatic imine (C=N–C) groups is 1. The Bertz CT molecular complexity index is 994. The number of benzene rings is 2. The first-order chi connectivity index (χ1) is 14.6. The molecule has 0 aliphatic rings. The van der Waals surface area contributed by atoms with Crippen LogP contribution in [-0.2, 0) is 4.79 Å². The number of hydrazine groups is 1. The fourth-order valence-electron chi connectivity index (χ4n) is 2.32. The molecule has 0 spiro atoms. The highest BCUT2D eigenvalue weighted by Crippen LogP contribution is 2.11. The molecular formula is C21H23N7O2. The smallest absolute Gasteiger partial charge is 0.212 e. The first-order valence-electron chi connectivity index (χ1n) is 8.89. The van der Waals surface area contributed by atoms with Gasteiger partial charge in [0.15, 0.2) is 5.84 Å². The molecule has 2 rings (SSSR count). The van der Waals surface area contributed by atoms with Crippen LogP contribution in [0.25, 0.3) is 0 Å². The molecule has 0 atom stereocenters. The average Bonchev–Trinajstić information content (AvgIpc) is 2.77. The van der Waals surface area contributed by atoms with Gasteiger partial charge in [-0.3, -0.25) is 4.79 Å². The van der Waals surface area contributed by atoms with Crippen molar-refractivity contribution in [3.05, 3.63) is 76.7 Å². The largest absolute Gasteiger partial charge is 0.511 e. The molecule has 0 bridgehead atoms. The van der Waals surface area contributed by atoms with Gasteiger partial charge in [0.2, 0.25) is 6.41 Å². The molecule has 30 heavy (non-hydrogen) atoms. The predicted molar refractivity (Wildman–Crippen MR) is 118 cm³/mol. The zero-order valence-corrected chi connectivity index (χ0v) is 16.4. The molecule has 0 aliphatic heterocycles. The van der Waals surface area contributed by atoms with Gasteiger partial charge in [0.25, 0.3) is 0 Å². The lowest BCUT2D eigenvalue weighted by Crippen LogP contribution is -2.31. The highest BCUT2D eigenvalue weighted by Gasteiger charge is 2.01. The summed E-state index contributed by atoms with van der Waals surface area (Å²) >= 11 is 0. The number of nitrogens with one attached hydrogen (secondary N) is 3. The molecule has 2 aromatic rings. The lowest BCUT2D eigenvalue weighted by molar-refractivity contribution is -0.108. The Labute approximate surface area is 174 Å². The first kappa shape index (κ1) is 22.0. The zero-order chi connectivity index (χ0) is 21.8. The molecule has 8 N–H and O–H groups in total. The van der Waals surface area contributed by atoms with Gasteiger partial charge < -0.3 is 27.0 Å². The van der Waals surface area contributed by atoms with Gasteiger partial charge in [-0.1, -0.05) is 11.8 Å². The van der Waals surface area contributed by atoms with Crippen molar-refractivity contribution < 1.29 is 9.90 Å². The van der Waals surface area contributed by atoms with Crippen molar-refractivity contribution in [1.82, 2.24) is 10.7 Å². The quantitative estimate of drug-likeness (QED) is 0.0773. The number of nitrogens with zero attached hydrogens (tertiary/aromatic N) is 2. The maximum absolute atomic E-state index is 10.3. The van der Waals surface area contributed by atoms with E-state index in [4.69, 9.17) is 11.7 Å². The van der Waals surface area contributed by atoms with E-state index in [1.165, 1.54) is 13.3 Å². The number of hydrazone groups is 1. The summed E-state index contributed by atoms with van der Waals surface area (Å²) in [7, 11) is 0. The number of hydrogen-bond donors (Lipinski definition) is 6. The number of aliphatic hydroxyl groups is 1. The van der Waals surface area contributed by atoms with Crippen LogP contribution in [0.1, 0.15) is 23.6 Å². The van der Waals surface area contributed by atoms with Crippen LogP contribution < -0.4 is 27.7 Å². The van der Waals surface area contributed by atoms with Crippen LogP contribution in [0, 0.1) is 11.8 Å². The number of carbonyl (C=O) groups is 1. The molecule has 0 unspecified atom stereocenters. The van der Waals surface area contributed by atoms with E-state index in [9.17, 15) is 9.90 Å². The molecule has 0 saturated carbocycles. The van der Waals surface area contributed by atoms with Gasteiger partial charge in [0, 0.05) is 22.4 Å². The maximum atomic E-state index is 10.3. The van der Waals surface area contributed by atoms with E-state index >= 15 is 0 Å². The van der Waals surface area contributed by atoms with E-state index in [1.54, 1.807) is 0 Å². The Morgan fingerprint density at radius 3 is 2.20 bits per heavy atom. The Morgan fingerprint density at radius 2 is 1.70 bits per heavy atom. The number of carbonyl (C=O) groups excluding carboxylic acids is 1. The van der Waals surface area contributed by atoms with Crippen LogP contribution >= 0.6 is 0 Å². The van der Waals surface area contributed by atoms with Crippen molar-refractivity contribution in [3.8, 4) is 11.8 Å². The summed E-state index contributed by atoms with van der Waals surface area (Å²) in [6.07, 6.45) is 1.71. The van der Waals surface area contributed by atoms with Gasteiger partial charge in [0.1, 0.15) is 5.76 Å². The summed E-state index contributed by atoms with van der Waals surface area (Å²) in [6, 6.07) is 14.9. The summed E-state index contributed by atoms with van der Waals surface area (Å²) in [5.74, 6) is 17.2. The van der Waals surface area contributed by atoms with E-state index in [0.29, 0.717) is 24.5 Å². The lowest BCUT2D eigenvalue weighted by atomic mass is 10.1.